The maximum Gasteiger partial charge on any atom is 0.266 e. The molecule has 0 atom stereocenters. The lowest BCUT2D eigenvalue weighted by Gasteiger charge is -2.08. The van der Waals surface area contributed by atoms with Crippen LogP contribution >= 0.6 is 11.3 Å². The van der Waals surface area contributed by atoms with Gasteiger partial charge in [0.15, 0.2) is 0 Å². The minimum absolute atomic E-state index is 0.271. The molecule has 2 amide bonds. The molecule has 0 bridgehead atoms. The highest BCUT2D eigenvalue weighted by Gasteiger charge is 2.23. The van der Waals surface area contributed by atoms with Gasteiger partial charge in [-0.1, -0.05) is 36.4 Å². The summed E-state index contributed by atoms with van der Waals surface area (Å²) in [6, 6.07) is 16.6. The van der Waals surface area contributed by atoms with Crippen molar-refractivity contribution in [1.29, 1.82) is 0 Å². The average molecular weight is 365 g/mol. The molecule has 0 aliphatic rings. The van der Waals surface area contributed by atoms with Crippen LogP contribution in [0, 0.1) is 13.8 Å². The maximum absolute atomic E-state index is 12.6. The van der Waals surface area contributed by atoms with Gasteiger partial charge in [0.05, 0.1) is 15.4 Å². The molecule has 0 unspecified atom stereocenters. The lowest BCUT2D eigenvalue weighted by atomic mass is 10.1. The molecule has 1 heterocycles. The van der Waals surface area contributed by atoms with Crippen molar-refractivity contribution in [2.45, 2.75) is 13.8 Å². The molecule has 0 saturated heterocycles. The van der Waals surface area contributed by atoms with Crippen LogP contribution in [0.1, 0.15) is 31.2 Å². The van der Waals surface area contributed by atoms with E-state index in [9.17, 15) is 9.59 Å². The second-order valence-corrected chi connectivity index (χ2v) is 6.94. The smallest absolute Gasteiger partial charge is 0.266 e. The molecule has 3 aromatic rings. The molecule has 1 aromatic heterocycles. The molecule has 0 radical (unpaired) electrons. The van der Waals surface area contributed by atoms with Gasteiger partial charge in [0, 0.05) is 11.4 Å². The van der Waals surface area contributed by atoms with Gasteiger partial charge in [-0.3, -0.25) is 9.59 Å². The molecule has 0 fully saturated rings. The van der Waals surface area contributed by atoms with E-state index in [2.05, 4.69) is 10.6 Å². The highest BCUT2D eigenvalue weighted by molar-refractivity contribution is 7.18. The third-order valence-corrected chi connectivity index (χ3v) is 5.15. The van der Waals surface area contributed by atoms with E-state index in [0.29, 0.717) is 26.7 Å². The van der Waals surface area contributed by atoms with Crippen LogP contribution in [0.3, 0.4) is 0 Å². The van der Waals surface area contributed by atoms with Crippen LogP contribution in [0.4, 0.5) is 16.4 Å². The van der Waals surface area contributed by atoms with Crippen molar-refractivity contribution in [3.8, 4) is 0 Å². The summed E-state index contributed by atoms with van der Waals surface area (Å²) in [5.74, 6) is -0.593. The molecule has 4 N–H and O–H groups in total. The van der Waals surface area contributed by atoms with Crippen molar-refractivity contribution in [2.24, 2.45) is 0 Å². The van der Waals surface area contributed by atoms with Gasteiger partial charge in [0.1, 0.15) is 0 Å². The number of amides is 2. The Balaban J connectivity index is 1.84. The summed E-state index contributed by atoms with van der Waals surface area (Å²) >= 11 is 1.12. The first-order chi connectivity index (χ1) is 12.5. The summed E-state index contributed by atoms with van der Waals surface area (Å²) in [6.45, 7) is 3.66. The largest absolute Gasteiger partial charge is 0.390 e. The molecule has 26 heavy (non-hydrogen) atoms. The van der Waals surface area contributed by atoms with Crippen LogP contribution in [-0.2, 0) is 0 Å². The molecular weight excluding hydrogens is 346 g/mol. The Morgan fingerprint density at radius 2 is 1.54 bits per heavy atom. The van der Waals surface area contributed by atoms with Crippen LogP contribution < -0.4 is 16.4 Å². The average Bonchev–Trinajstić information content (AvgIpc) is 2.92. The normalized spacial score (nSPS) is 10.4. The first-order valence-corrected chi connectivity index (χ1v) is 8.91. The highest BCUT2D eigenvalue weighted by Crippen LogP contribution is 2.32. The fourth-order valence-electron chi connectivity index (χ4n) is 2.64. The minimum atomic E-state index is -0.322. The van der Waals surface area contributed by atoms with Gasteiger partial charge in [-0.15, -0.1) is 11.3 Å². The summed E-state index contributed by atoms with van der Waals surface area (Å²) in [5, 5.41) is 6.01. The zero-order chi connectivity index (χ0) is 18.7. The molecule has 5 nitrogen and oxygen atoms in total. The summed E-state index contributed by atoms with van der Waals surface area (Å²) in [7, 11) is 0. The van der Waals surface area contributed by atoms with E-state index in [1.165, 1.54) is 0 Å². The van der Waals surface area contributed by atoms with Gasteiger partial charge in [-0.2, -0.15) is 0 Å². The molecule has 0 aliphatic carbocycles. The second-order valence-electron chi connectivity index (χ2n) is 5.88. The first kappa shape index (κ1) is 17.7. The van der Waals surface area contributed by atoms with Crippen molar-refractivity contribution in [2.75, 3.05) is 16.4 Å². The molecular formula is C20H19N3O2S. The lowest BCUT2D eigenvalue weighted by molar-refractivity contribution is 0.102. The fraction of sp³-hybridized carbons (Fsp3) is 0.100. The number of carbonyl (C=O) groups is 2. The van der Waals surface area contributed by atoms with E-state index in [0.717, 1.165) is 22.6 Å². The van der Waals surface area contributed by atoms with Crippen molar-refractivity contribution < 1.29 is 9.59 Å². The van der Waals surface area contributed by atoms with Crippen LogP contribution in [-0.4, -0.2) is 11.8 Å². The van der Waals surface area contributed by atoms with Gasteiger partial charge in [-0.25, -0.2) is 0 Å². The standard InChI is InChI=1S/C20H19N3O2S/c1-12-8-6-7-11-15(12)23-20(25)17-13(2)16(18(21)26-17)19(24)22-14-9-4-3-5-10-14/h3-11H,21H2,1-2H3,(H,22,24)(H,23,25). The van der Waals surface area contributed by atoms with Crippen molar-refractivity contribution in [1.82, 2.24) is 0 Å². The van der Waals surface area contributed by atoms with Gasteiger partial charge in [0.2, 0.25) is 0 Å². The minimum Gasteiger partial charge on any atom is -0.390 e. The van der Waals surface area contributed by atoms with Crippen molar-refractivity contribution in [3.63, 3.8) is 0 Å². The van der Waals surface area contributed by atoms with E-state index < -0.39 is 0 Å². The summed E-state index contributed by atoms with van der Waals surface area (Å²) < 4.78 is 0. The van der Waals surface area contributed by atoms with Crippen LogP contribution in [0.5, 0.6) is 0 Å². The Morgan fingerprint density at radius 3 is 2.23 bits per heavy atom. The van der Waals surface area contributed by atoms with Crippen molar-refractivity contribution in [3.05, 3.63) is 76.2 Å². The molecule has 0 aliphatic heterocycles. The number of aryl methyl sites for hydroxylation is 1. The van der Waals surface area contributed by atoms with Gasteiger partial charge in [-0.05, 0) is 43.2 Å². The summed E-state index contributed by atoms with van der Waals surface area (Å²) in [6.07, 6.45) is 0. The van der Waals surface area contributed by atoms with E-state index in [1.807, 2.05) is 49.4 Å². The van der Waals surface area contributed by atoms with E-state index in [-0.39, 0.29) is 11.8 Å². The quantitative estimate of drug-likeness (QED) is 0.638. The zero-order valence-electron chi connectivity index (χ0n) is 14.5. The third kappa shape index (κ3) is 3.60. The monoisotopic (exact) mass is 365 g/mol. The number of anilines is 3. The van der Waals surface area contributed by atoms with E-state index in [4.69, 9.17) is 5.73 Å². The van der Waals surface area contributed by atoms with Crippen LogP contribution in [0.25, 0.3) is 0 Å². The van der Waals surface area contributed by atoms with E-state index in [1.54, 1.807) is 19.1 Å². The number of benzene rings is 2. The molecule has 3 rings (SSSR count). The molecule has 0 saturated carbocycles. The third-order valence-electron chi connectivity index (χ3n) is 4.03. The predicted molar refractivity (Wildman–Crippen MR) is 107 cm³/mol. The molecule has 132 valence electrons. The number of nitrogen functional groups attached to an aromatic ring is 1. The van der Waals surface area contributed by atoms with E-state index >= 15 is 0 Å². The topological polar surface area (TPSA) is 84.2 Å². The Hall–Kier alpha value is -3.12. The number of carbonyl (C=O) groups excluding carboxylic acids is 2. The Kier molecular flexibility index (Phi) is 5.04. The van der Waals surface area contributed by atoms with Gasteiger partial charge < -0.3 is 16.4 Å². The number of hydrogen-bond acceptors (Lipinski definition) is 4. The fourth-order valence-corrected chi connectivity index (χ4v) is 3.61. The lowest BCUT2D eigenvalue weighted by Crippen LogP contribution is -2.16. The molecule has 2 aromatic carbocycles. The summed E-state index contributed by atoms with van der Waals surface area (Å²) in [5.41, 5.74) is 9.33. The molecule has 0 spiro atoms. The highest BCUT2D eigenvalue weighted by atomic mass is 32.1. The number of nitrogens with two attached hydrogens (primary N) is 1. The number of rotatable bonds is 4. The van der Waals surface area contributed by atoms with Crippen LogP contribution in [0.15, 0.2) is 54.6 Å². The van der Waals surface area contributed by atoms with Crippen molar-refractivity contribution >= 4 is 39.5 Å². The first-order valence-electron chi connectivity index (χ1n) is 8.09. The summed E-state index contributed by atoms with van der Waals surface area (Å²) in [4.78, 5) is 25.7. The second kappa shape index (κ2) is 7.41. The SMILES string of the molecule is Cc1ccccc1NC(=O)c1sc(N)c(C(=O)Nc2ccccc2)c1C. The number of thiophene rings is 1. The Bertz CT molecular complexity index is 964. The Morgan fingerprint density at radius 1 is 0.885 bits per heavy atom. The number of para-hydroxylation sites is 2. The van der Waals surface area contributed by atoms with Crippen LogP contribution in [0.2, 0.25) is 0 Å². The predicted octanol–water partition coefficient (Wildman–Crippen LogP) is 4.45. The number of hydrogen-bond donors (Lipinski definition) is 3. The van der Waals surface area contributed by atoms with Gasteiger partial charge >= 0.3 is 0 Å². The zero-order valence-corrected chi connectivity index (χ0v) is 15.3. The maximum atomic E-state index is 12.6. The Labute approximate surface area is 155 Å². The number of nitrogens with one attached hydrogen (secondary N) is 2. The van der Waals surface area contributed by atoms with Gasteiger partial charge in [0.25, 0.3) is 11.8 Å². The molecule has 6 heteroatoms.